The third-order valence-corrected chi connectivity index (χ3v) is 0.713. The Hall–Kier alpha value is -0.630. The van der Waals surface area contributed by atoms with Crippen LogP contribution in [0.2, 0.25) is 0 Å². The maximum atomic E-state index is 12.3. The number of hydrogen-bond donors (Lipinski definition) is 1. The summed E-state index contributed by atoms with van der Waals surface area (Å²) >= 11 is 0. The maximum absolute atomic E-state index is 12.3. The maximum Gasteiger partial charge on any atom is 0.121 e. The quantitative estimate of drug-likeness (QED) is 0.616. The SMILES string of the molecule is CC.CC(C)=C/C(F)=C\CO. The molecular formula is C9H17FO. The molecule has 0 bridgehead atoms. The number of aliphatic hydroxyl groups excluding tert-OH is 1. The van der Waals surface area contributed by atoms with Crippen LogP contribution in [-0.2, 0) is 0 Å². The van der Waals surface area contributed by atoms with Gasteiger partial charge in [0.2, 0.25) is 0 Å². The first-order chi connectivity index (χ1) is 5.16. The first kappa shape index (κ1) is 13.0. The fourth-order valence-corrected chi connectivity index (χ4v) is 0.422. The lowest BCUT2D eigenvalue weighted by molar-refractivity contribution is 0.339. The van der Waals surface area contributed by atoms with E-state index in [0.717, 1.165) is 11.6 Å². The minimum absolute atomic E-state index is 0.240. The molecule has 0 spiro atoms. The van der Waals surface area contributed by atoms with Crippen LogP contribution in [0.5, 0.6) is 0 Å². The van der Waals surface area contributed by atoms with Crippen LogP contribution in [0.1, 0.15) is 27.7 Å². The fraction of sp³-hybridized carbons (Fsp3) is 0.556. The largest absolute Gasteiger partial charge is 0.392 e. The van der Waals surface area contributed by atoms with Crippen LogP contribution in [0.3, 0.4) is 0 Å². The first-order valence-electron chi connectivity index (χ1n) is 3.78. The lowest BCUT2D eigenvalue weighted by Crippen LogP contribution is -1.75. The van der Waals surface area contributed by atoms with Crippen molar-refractivity contribution in [3.63, 3.8) is 0 Å². The summed E-state index contributed by atoms with van der Waals surface area (Å²) in [5.74, 6) is -0.377. The molecular weight excluding hydrogens is 143 g/mol. The molecule has 0 fully saturated rings. The molecule has 0 unspecified atom stereocenters. The summed E-state index contributed by atoms with van der Waals surface area (Å²) in [6.07, 6.45) is 2.49. The number of rotatable bonds is 2. The van der Waals surface area contributed by atoms with Crippen molar-refractivity contribution in [2.75, 3.05) is 6.61 Å². The Morgan fingerprint density at radius 3 is 2.09 bits per heavy atom. The monoisotopic (exact) mass is 160 g/mol. The predicted octanol–water partition coefficient (Wildman–Crippen LogP) is 2.82. The summed E-state index contributed by atoms with van der Waals surface area (Å²) in [6.45, 7) is 7.35. The lowest BCUT2D eigenvalue weighted by atomic mass is 10.3. The summed E-state index contributed by atoms with van der Waals surface area (Å²) in [5, 5.41) is 8.20. The van der Waals surface area contributed by atoms with Crippen molar-refractivity contribution in [3.05, 3.63) is 23.6 Å². The molecule has 11 heavy (non-hydrogen) atoms. The minimum atomic E-state index is -0.377. The number of hydrogen-bond acceptors (Lipinski definition) is 1. The molecule has 0 aromatic carbocycles. The molecule has 0 aromatic heterocycles. The molecule has 0 aliphatic carbocycles. The highest BCUT2D eigenvalue weighted by molar-refractivity contribution is 5.14. The Balaban J connectivity index is 0. The van der Waals surface area contributed by atoms with Gasteiger partial charge in [-0.1, -0.05) is 19.4 Å². The van der Waals surface area contributed by atoms with E-state index < -0.39 is 0 Å². The Kier molecular flexibility index (Phi) is 11.1. The Morgan fingerprint density at radius 1 is 1.36 bits per heavy atom. The van der Waals surface area contributed by atoms with E-state index in [-0.39, 0.29) is 12.4 Å². The zero-order valence-corrected chi connectivity index (χ0v) is 7.69. The topological polar surface area (TPSA) is 20.2 Å². The molecule has 0 aliphatic heterocycles. The zero-order chi connectivity index (χ0) is 9.28. The van der Waals surface area contributed by atoms with E-state index in [1.54, 1.807) is 13.8 Å². The predicted molar refractivity (Wildman–Crippen MR) is 47.1 cm³/mol. The normalized spacial score (nSPS) is 9.82. The molecule has 0 saturated heterocycles. The molecule has 0 radical (unpaired) electrons. The van der Waals surface area contributed by atoms with E-state index in [1.807, 2.05) is 13.8 Å². The molecule has 0 aromatic rings. The second-order valence-corrected chi connectivity index (χ2v) is 1.99. The second-order valence-electron chi connectivity index (χ2n) is 1.99. The van der Waals surface area contributed by atoms with Crippen molar-refractivity contribution in [2.24, 2.45) is 0 Å². The molecule has 1 N–H and O–H groups in total. The highest BCUT2D eigenvalue weighted by Crippen LogP contribution is 2.01. The minimum Gasteiger partial charge on any atom is -0.392 e. The lowest BCUT2D eigenvalue weighted by Gasteiger charge is -1.86. The third kappa shape index (κ3) is 12.5. The van der Waals surface area contributed by atoms with Gasteiger partial charge in [-0.05, 0) is 26.0 Å². The van der Waals surface area contributed by atoms with Gasteiger partial charge in [0.05, 0.1) is 6.61 Å². The van der Waals surface area contributed by atoms with E-state index in [2.05, 4.69) is 0 Å². The average Bonchev–Trinajstić information content (AvgIpc) is 1.91. The number of allylic oxidation sites excluding steroid dienone is 3. The van der Waals surface area contributed by atoms with Gasteiger partial charge in [-0.15, -0.1) is 0 Å². The zero-order valence-electron chi connectivity index (χ0n) is 7.69. The van der Waals surface area contributed by atoms with E-state index in [1.165, 1.54) is 6.08 Å². The summed E-state index contributed by atoms with van der Waals surface area (Å²) in [6, 6.07) is 0. The molecule has 0 atom stereocenters. The van der Waals surface area contributed by atoms with E-state index >= 15 is 0 Å². The van der Waals surface area contributed by atoms with Crippen molar-refractivity contribution in [1.82, 2.24) is 0 Å². The van der Waals surface area contributed by atoms with Crippen molar-refractivity contribution in [1.29, 1.82) is 0 Å². The standard InChI is InChI=1S/C7H11FO.C2H6/c1-6(2)5-7(8)3-4-9;1-2/h3,5,9H,4H2,1-2H3;1-2H3/b7-3+;. The number of aliphatic hydroxyl groups is 1. The summed E-state index contributed by atoms with van der Waals surface area (Å²) in [5.41, 5.74) is 0.886. The molecule has 0 rings (SSSR count). The van der Waals surface area contributed by atoms with Gasteiger partial charge in [-0.3, -0.25) is 0 Å². The van der Waals surface area contributed by atoms with E-state index in [9.17, 15) is 4.39 Å². The summed E-state index contributed by atoms with van der Waals surface area (Å²) in [4.78, 5) is 0. The molecule has 0 saturated carbocycles. The molecule has 2 heteroatoms. The molecule has 0 amide bonds. The van der Waals surface area contributed by atoms with Crippen LogP contribution in [0.4, 0.5) is 4.39 Å². The van der Waals surface area contributed by atoms with Crippen LogP contribution < -0.4 is 0 Å². The van der Waals surface area contributed by atoms with Crippen molar-refractivity contribution in [2.45, 2.75) is 27.7 Å². The molecule has 0 heterocycles. The van der Waals surface area contributed by atoms with Crippen LogP contribution >= 0.6 is 0 Å². The van der Waals surface area contributed by atoms with E-state index in [0.29, 0.717) is 0 Å². The van der Waals surface area contributed by atoms with Crippen molar-refractivity contribution >= 4 is 0 Å². The van der Waals surface area contributed by atoms with Crippen molar-refractivity contribution < 1.29 is 9.50 Å². The Bertz CT molecular complexity index is 132. The Morgan fingerprint density at radius 2 is 1.82 bits per heavy atom. The highest BCUT2D eigenvalue weighted by Gasteiger charge is 1.84. The summed E-state index contributed by atoms with van der Waals surface area (Å²) < 4.78 is 12.3. The van der Waals surface area contributed by atoms with Gasteiger partial charge in [0.1, 0.15) is 5.83 Å². The van der Waals surface area contributed by atoms with Gasteiger partial charge in [-0.2, -0.15) is 0 Å². The van der Waals surface area contributed by atoms with E-state index in [4.69, 9.17) is 5.11 Å². The Labute approximate surface area is 68.2 Å². The average molecular weight is 160 g/mol. The highest BCUT2D eigenvalue weighted by atomic mass is 19.1. The van der Waals surface area contributed by atoms with Gasteiger partial charge >= 0.3 is 0 Å². The van der Waals surface area contributed by atoms with Gasteiger partial charge in [0.25, 0.3) is 0 Å². The number of halogens is 1. The van der Waals surface area contributed by atoms with Crippen LogP contribution in [0.15, 0.2) is 23.6 Å². The first-order valence-corrected chi connectivity index (χ1v) is 3.78. The summed E-state index contributed by atoms with van der Waals surface area (Å²) in [7, 11) is 0. The van der Waals surface area contributed by atoms with Gasteiger partial charge in [0, 0.05) is 0 Å². The molecule has 66 valence electrons. The molecule has 0 aliphatic rings. The van der Waals surface area contributed by atoms with Crippen molar-refractivity contribution in [3.8, 4) is 0 Å². The second kappa shape index (κ2) is 9.37. The fourth-order valence-electron chi connectivity index (χ4n) is 0.422. The van der Waals surface area contributed by atoms with Crippen LogP contribution in [0, 0.1) is 0 Å². The third-order valence-electron chi connectivity index (χ3n) is 0.713. The smallest absolute Gasteiger partial charge is 0.121 e. The molecule has 1 nitrogen and oxygen atoms in total. The van der Waals surface area contributed by atoms with Gasteiger partial charge < -0.3 is 5.11 Å². The van der Waals surface area contributed by atoms with Gasteiger partial charge in [0.15, 0.2) is 0 Å². The van der Waals surface area contributed by atoms with Crippen LogP contribution in [0.25, 0.3) is 0 Å². The van der Waals surface area contributed by atoms with Crippen LogP contribution in [-0.4, -0.2) is 11.7 Å². The van der Waals surface area contributed by atoms with Gasteiger partial charge in [-0.25, -0.2) is 4.39 Å².